The van der Waals surface area contributed by atoms with Gasteiger partial charge in [0.05, 0.1) is 11.8 Å². The summed E-state index contributed by atoms with van der Waals surface area (Å²) < 4.78 is 5.33. The quantitative estimate of drug-likeness (QED) is 0.757. The third-order valence-corrected chi connectivity index (χ3v) is 2.94. The van der Waals surface area contributed by atoms with Gasteiger partial charge in [0.1, 0.15) is 5.76 Å². The molecule has 0 radical (unpaired) electrons. The van der Waals surface area contributed by atoms with E-state index in [0.717, 1.165) is 22.6 Å². The maximum atomic E-state index is 12.0. The molecule has 1 amide bonds. The van der Waals surface area contributed by atoms with Gasteiger partial charge in [0.25, 0.3) is 5.91 Å². The Morgan fingerprint density at radius 2 is 2.00 bits per heavy atom. The van der Waals surface area contributed by atoms with Crippen LogP contribution >= 0.6 is 0 Å². The van der Waals surface area contributed by atoms with Crippen LogP contribution in [0.1, 0.15) is 18.2 Å². The SMILES string of the molecule is C/C(=C1\C(=O)Nc2ccccc21)c1ccco1. The summed E-state index contributed by atoms with van der Waals surface area (Å²) in [5, 5.41) is 2.85. The van der Waals surface area contributed by atoms with Gasteiger partial charge in [-0.2, -0.15) is 0 Å². The van der Waals surface area contributed by atoms with Gasteiger partial charge in [0.15, 0.2) is 0 Å². The van der Waals surface area contributed by atoms with Crippen LogP contribution in [0.25, 0.3) is 11.1 Å². The molecule has 3 rings (SSSR count). The molecule has 0 fully saturated rings. The number of hydrogen-bond acceptors (Lipinski definition) is 2. The summed E-state index contributed by atoms with van der Waals surface area (Å²) >= 11 is 0. The molecule has 0 unspecified atom stereocenters. The van der Waals surface area contributed by atoms with Crippen molar-refractivity contribution in [1.29, 1.82) is 0 Å². The molecule has 0 saturated carbocycles. The fraction of sp³-hybridized carbons (Fsp3) is 0.0714. The van der Waals surface area contributed by atoms with Crippen molar-refractivity contribution in [2.75, 3.05) is 5.32 Å². The van der Waals surface area contributed by atoms with Crippen LogP contribution in [-0.2, 0) is 4.79 Å². The predicted octanol–water partition coefficient (Wildman–Crippen LogP) is 3.16. The molecule has 0 atom stereocenters. The lowest BCUT2D eigenvalue weighted by Crippen LogP contribution is -2.04. The number of carbonyl (C=O) groups is 1. The molecular weight excluding hydrogens is 214 g/mol. The number of furan rings is 1. The van der Waals surface area contributed by atoms with Crippen molar-refractivity contribution in [2.24, 2.45) is 0 Å². The van der Waals surface area contributed by atoms with Gasteiger partial charge in [0.2, 0.25) is 0 Å². The molecule has 3 nitrogen and oxygen atoms in total. The zero-order valence-electron chi connectivity index (χ0n) is 9.36. The van der Waals surface area contributed by atoms with Crippen molar-refractivity contribution in [1.82, 2.24) is 0 Å². The molecular formula is C14H11NO2. The van der Waals surface area contributed by atoms with E-state index in [2.05, 4.69) is 5.32 Å². The van der Waals surface area contributed by atoms with E-state index in [1.807, 2.05) is 43.3 Å². The normalized spacial score (nSPS) is 16.6. The molecule has 0 saturated heterocycles. The Labute approximate surface area is 98.8 Å². The predicted molar refractivity (Wildman–Crippen MR) is 66.3 cm³/mol. The minimum atomic E-state index is -0.0694. The fourth-order valence-electron chi connectivity index (χ4n) is 2.10. The van der Waals surface area contributed by atoms with Gasteiger partial charge in [-0.15, -0.1) is 0 Å². The van der Waals surface area contributed by atoms with Gasteiger partial charge in [-0.3, -0.25) is 4.79 Å². The summed E-state index contributed by atoms with van der Waals surface area (Å²) in [6.07, 6.45) is 1.61. The molecule has 84 valence electrons. The molecule has 3 heteroatoms. The van der Waals surface area contributed by atoms with Crippen LogP contribution in [0.4, 0.5) is 5.69 Å². The highest BCUT2D eigenvalue weighted by atomic mass is 16.3. The first-order valence-corrected chi connectivity index (χ1v) is 5.43. The smallest absolute Gasteiger partial charge is 0.256 e. The number of nitrogens with one attached hydrogen (secondary N) is 1. The highest BCUT2D eigenvalue weighted by Gasteiger charge is 2.26. The van der Waals surface area contributed by atoms with E-state index in [-0.39, 0.29) is 5.91 Å². The Hall–Kier alpha value is -2.29. The van der Waals surface area contributed by atoms with Gasteiger partial charge in [0, 0.05) is 16.8 Å². The first-order chi connectivity index (χ1) is 8.27. The summed E-state index contributed by atoms with van der Waals surface area (Å²) in [6, 6.07) is 11.3. The molecule has 1 N–H and O–H groups in total. The topological polar surface area (TPSA) is 42.2 Å². The minimum absolute atomic E-state index is 0.0694. The number of anilines is 1. The van der Waals surface area contributed by atoms with Crippen molar-refractivity contribution in [3.05, 3.63) is 54.0 Å². The highest BCUT2D eigenvalue weighted by molar-refractivity contribution is 6.36. The number of amides is 1. The van der Waals surface area contributed by atoms with Gasteiger partial charge >= 0.3 is 0 Å². The number of fused-ring (bicyclic) bond motifs is 1. The Kier molecular flexibility index (Phi) is 2.11. The monoisotopic (exact) mass is 225 g/mol. The molecule has 1 aromatic carbocycles. The molecule has 1 aliphatic rings. The number of rotatable bonds is 1. The van der Waals surface area contributed by atoms with Gasteiger partial charge in [-0.1, -0.05) is 18.2 Å². The number of para-hydroxylation sites is 1. The van der Waals surface area contributed by atoms with E-state index >= 15 is 0 Å². The van der Waals surface area contributed by atoms with Gasteiger partial charge in [-0.25, -0.2) is 0 Å². The lowest BCUT2D eigenvalue weighted by atomic mass is 10.0. The summed E-state index contributed by atoms with van der Waals surface area (Å²) in [5.41, 5.74) is 3.35. The first kappa shape index (κ1) is 9.90. The Morgan fingerprint density at radius 3 is 2.76 bits per heavy atom. The molecule has 1 aliphatic heterocycles. The van der Waals surface area contributed by atoms with Crippen molar-refractivity contribution >= 4 is 22.7 Å². The van der Waals surface area contributed by atoms with Gasteiger partial charge < -0.3 is 9.73 Å². The molecule has 0 spiro atoms. The molecule has 1 aromatic heterocycles. The van der Waals surface area contributed by atoms with Crippen LogP contribution in [0.2, 0.25) is 0 Å². The number of benzene rings is 1. The van der Waals surface area contributed by atoms with Crippen LogP contribution in [0.15, 0.2) is 47.1 Å². The average Bonchev–Trinajstić information content (AvgIpc) is 2.94. The largest absolute Gasteiger partial charge is 0.465 e. The van der Waals surface area contributed by atoms with Crippen LogP contribution in [-0.4, -0.2) is 5.91 Å². The fourth-order valence-corrected chi connectivity index (χ4v) is 2.10. The zero-order valence-corrected chi connectivity index (χ0v) is 9.36. The minimum Gasteiger partial charge on any atom is -0.465 e. The van der Waals surface area contributed by atoms with Crippen molar-refractivity contribution in [3.8, 4) is 0 Å². The van der Waals surface area contributed by atoms with Crippen LogP contribution < -0.4 is 5.32 Å². The third-order valence-electron chi connectivity index (χ3n) is 2.94. The van der Waals surface area contributed by atoms with E-state index in [1.54, 1.807) is 6.26 Å². The molecule has 2 aromatic rings. The second-order valence-electron chi connectivity index (χ2n) is 3.98. The molecule has 0 aliphatic carbocycles. The highest BCUT2D eigenvalue weighted by Crippen LogP contribution is 2.36. The van der Waals surface area contributed by atoms with Gasteiger partial charge in [-0.05, 0) is 25.1 Å². The van der Waals surface area contributed by atoms with E-state index in [4.69, 9.17) is 4.42 Å². The molecule has 17 heavy (non-hydrogen) atoms. The summed E-state index contributed by atoms with van der Waals surface area (Å²) in [4.78, 5) is 12.0. The van der Waals surface area contributed by atoms with Crippen LogP contribution in [0, 0.1) is 0 Å². The number of hydrogen-bond donors (Lipinski definition) is 1. The molecule has 2 heterocycles. The molecule has 0 bridgehead atoms. The Bertz CT molecular complexity index is 609. The van der Waals surface area contributed by atoms with Crippen molar-refractivity contribution in [3.63, 3.8) is 0 Å². The van der Waals surface area contributed by atoms with E-state index in [9.17, 15) is 4.79 Å². The second kappa shape index (κ2) is 3.63. The summed E-state index contributed by atoms with van der Waals surface area (Å²) in [5.74, 6) is 0.659. The standard InChI is InChI=1S/C14H11NO2/c1-9(12-7-4-8-17-12)13-10-5-2-3-6-11(10)15-14(13)16/h2-8H,1H3,(H,15,16)/b13-9+. The lowest BCUT2D eigenvalue weighted by Gasteiger charge is -2.02. The van der Waals surface area contributed by atoms with E-state index < -0.39 is 0 Å². The average molecular weight is 225 g/mol. The first-order valence-electron chi connectivity index (χ1n) is 5.43. The van der Waals surface area contributed by atoms with Crippen LogP contribution in [0.5, 0.6) is 0 Å². The Balaban J connectivity index is 2.22. The zero-order chi connectivity index (χ0) is 11.8. The van der Waals surface area contributed by atoms with Crippen molar-refractivity contribution < 1.29 is 9.21 Å². The lowest BCUT2D eigenvalue weighted by molar-refractivity contribution is -0.110. The number of allylic oxidation sites excluding steroid dienone is 1. The van der Waals surface area contributed by atoms with E-state index in [1.165, 1.54) is 0 Å². The Morgan fingerprint density at radius 1 is 1.18 bits per heavy atom. The van der Waals surface area contributed by atoms with E-state index in [0.29, 0.717) is 5.57 Å². The maximum Gasteiger partial charge on any atom is 0.256 e. The number of carbonyl (C=O) groups excluding carboxylic acids is 1. The summed E-state index contributed by atoms with van der Waals surface area (Å²) in [7, 11) is 0. The maximum absolute atomic E-state index is 12.0. The third kappa shape index (κ3) is 1.47. The van der Waals surface area contributed by atoms with Crippen molar-refractivity contribution in [2.45, 2.75) is 6.92 Å². The second-order valence-corrected chi connectivity index (χ2v) is 3.98. The summed E-state index contributed by atoms with van der Waals surface area (Å²) in [6.45, 7) is 1.90. The van der Waals surface area contributed by atoms with Crippen LogP contribution in [0.3, 0.4) is 0 Å².